The molecule has 2 rings (SSSR count). The summed E-state index contributed by atoms with van der Waals surface area (Å²) >= 11 is 4.37. The van der Waals surface area contributed by atoms with Gasteiger partial charge < -0.3 is 14.6 Å². The summed E-state index contributed by atoms with van der Waals surface area (Å²) in [5, 5.41) is 16.7. The van der Waals surface area contributed by atoms with E-state index in [1.807, 2.05) is 6.92 Å². The van der Waals surface area contributed by atoms with Crippen LogP contribution >= 0.6 is 27.7 Å². The van der Waals surface area contributed by atoms with Crippen molar-refractivity contribution in [1.82, 2.24) is 15.2 Å². The van der Waals surface area contributed by atoms with Gasteiger partial charge in [0.05, 0.1) is 18.7 Å². The Bertz CT molecular complexity index is 792. The molecular weight excluding hydrogens is 410 g/mol. The number of aryl methyl sites for hydroxylation is 1. The molecule has 0 amide bonds. The summed E-state index contributed by atoms with van der Waals surface area (Å²) in [7, 11) is 3.06. The van der Waals surface area contributed by atoms with Crippen molar-refractivity contribution >= 4 is 39.7 Å². The summed E-state index contributed by atoms with van der Waals surface area (Å²) in [5.74, 6) is 0.762. The van der Waals surface area contributed by atoms with Crippen LogP contribution in [0.5, 0.6) is 11.5 Å². The van der Waals surface area contributed by atoms with Crippen LogP contribution < -0.4 is 9.47 Å². The molecule has 9 heteroatoms. The van der Waals surface area contributed by atoms with Crippen LogP contribution in [0, 0.1) is 0 Å². The summed E-state index contributed by atoms with van der Waals surface area (Å²) in [6, 6.07) is 3.42. The van der Waals surface area contributed by atoms with Gasteiger partial charge in [-0.15, -0.1) is 5.10 Å². The zero-order valence-corrected chi connectivity index (χ0v) is 16.4. The molecule has 0 radical (unpaired) electrons. The molecule has 0 aliphatic carbocycles. The minimum Gasteiger partial charge on any atom is -0.496 e. The van der Waals surface area contributed by atoms with Crippen LogP contribution in [0.25, 0.3) is 6.08 Å². The number of carboxylic acids is 1. The van der Waals surface area contributed by atoms with Gasteiger partial charge in [0.15, 0.2) is 0 Å². The van der Waals surface area contributed by atoms with Crippen molar-refractivity contribution in [3.05, 3.63) is 32.9 Å². The average molecular weight is 428 g/mol. The Kier molecular flexibility index (Phi) is 6.89. The monoisotopic (exact) mass is 427 g/mol. The first-order valence-corrected chi connectivity index (χ1v) is 9.05. The molecule has 7 nitrogen and oxygen atoms in total. The highest BCUT2D eigenvalue weighted by Gasteiger charge is 2.16. The molecule has 0 spiro atoms. The summed E-state index contributed by atoms with van der Waals surface area (Å²) in [4.78, 5) is 16.0. The lowest BCUT2D eigenvalue weighted by atomic mass is 10.1. The molecule has 0 aliphatic heterocycles. The minimum absolute atomic E-state index is 0.0809. The van der Waals surface area contributed by atoms with Crippen LogP contribution in [-0.4, -0.2) is 40.5 Å². The van der Waals surface area contributed by atoms with E-state index in [-0.39, 0.29) is 4.91 Å². The van der Waals surface area contributed by atoms with Crippen molar-refractivity contribution in [2.24, 2.45) is 0 Å². The molecule has 134 valence electrons. The van der Waals surface area contributed by atoms with Crippen molar-refractivity contribution in [3.8, 4) is 11.5 Å². The van der Waals surface area contributed by atoms with Gasteiger partial charge in [0.25, 0.3) is 0 Å². The third-order valence-corrected chi connectivity index (χ3v) is 4.70. The molecule has 1 heterocycles. The number of hydrogen-bond acceptors (Lipinski definition) is 6. The Morgan fingerprint density at radius 2 is 2.08 bits per heavy atom. The van der Waals surface area contributed by atoms with E-state index in [2.05, 4.69) is 31.1 Å². The molecule has 25 heavy (non-hydrogen) atoms. The minimum atomic E-state index is -1.07. The Morgan fingerprint density at radius 1 is 1.36 bits per heavy atom. The Morgan fingerprint density at radius 3 is 2.68 bits per heavy atom. The van der Waals surface area contributed by atoms with Gasteiger partial charge in [-0.1, -0.05) is 6.92 Å². The third kappa shape index (κ3) is 4.99. The highest BCUT2D eigenvalue weighted by molar-refractivity contribution is 9.10. The number of nitrogens with one attached hydrogen (secondary N) is 1. The molecule has 0 saturated carbocycles. The maximum Gasteiger partial charge on any atom is 0.342 e. The number of aromatic nitrogens is 3. The fourth-order valence-electron chi connectivity index (χ4n) is 2.04. The summed E-state index contributed by atoms with van der Waals surface area (Å²) in [6.07, 6.45) is 3.21. The molecule has 0 unspecified atom stereocenters. The summed E-state index contributed by atoms with van der Waals surface area (Å²) in [5.41, 5.74) is 0.601. The number of nitrogens with zero attached hydrogens (tertiary/aromatic N) is 2. The van der Waals surface area contributed by atoms with E-state index in [1.165, 1.54) is 13.2 Å². The largest absolute Gasteiger partial charge is 0.496 e. The summed E-state index contributed by atoms with van der Waals surface area (Å²) < 4.78 is 11.2. The maximum absolute atomic E-state index is 11.6. The van der Waals surface area contributed by atoms with Gasteiger partial charge in [0.2, 0.25) is 5.16 Å². The number of hydrogen-bond donors (Lipinski definition) is 2. The average Bonchev–Trinajstić information content (AvgIpc) is 3.02. The lowest BCUT2D eigenvalue weighted by Crippen LogP contribution is -1.98. The molecule has 2 N–H and O–H groups in total. The second-order valence-electron chi connectivity index (χ2n) is 4.96. The van der Waals surface area contributed by atoms with Crippen molar-refractivity contribution in [2.45, 2.75) is 24.9 Å². The summed E-state index contributed by atoms with van der Waals surface area (Å²) in [6.45, 7) is 2.03. The first-order chi connectivity index (χ1) is 12.0. The number of halogens is 1. The molecule has 1 aromatic carbocycles. The molecule has 1 aromatic heterocycles. The second kappa shape index (κ2) is 8.91. The zero-order valence-electron chi connectivity index (χ0n) is 14.0. The van der Waals surface area contributed by atoms with E-state index in [4.69, 9.17) is 9.47 Å². The number of benzene rings is 1. The van der Waals surface area contributed by atoms with Gasteiger partial charge >= 0.3 is 5.97 Å². The van der Waals surface area contributed by atoms with Gasteiger partial charge in [-0.3, -0.25) is 5.10 Å². The van der Waals surface area contributed by atoms with Crippen LogP contribution in [0.2, 0.25) is 0 Å². The van der Waals surface area contributed by atoms with Crippen LogP contribution in [0.15, 0.2) is 26.7 Å². The topological polar surface area (TPSA) is 97.3 Å². The fourth-order valence-corrected chi connectivity index (χ4v) is 3.28. The van der Waals surface area contributed by atoms with Gasteiger partial charge in [-0.2, -0.15) is 0 Å². The van der Waals surface area contributed by atoms with E-state index >= 15 is 0 Å². The first kappa shape index (κ1) is 19.3. The van der Waals surface area contributed by atoms with E-state index < -0.39 is 5.97 Å². The first-order valence-electron chi connectivity index (χ1n) is 7.44. The van der Waals surface area contributed by atoms with Gasteiger partial charge in [-0.25, -0.2) is 9.78 Å². The smallest absolute Gasteiger partial charge is 0.342 e. The van der Waals surface area contributed by atoms with E-state index in [0.29, 0.717) is 26.7 Å². The second-order valence-corrected chi connectivity index (χ2v) is 6.82. The predicted molar refractivity (Wildman–Crippen MR) is 99.1 cm³/mol. The number of thioether (sulfide) groups is 1. The quantitative estimate of drug-likeness (QED) is 0.488. The predicted octanol–water partition coefficient (Wildman–Crippen LogP) is 3.75. The number of aromatic amines is 1. The van der Waals surface area contributed by atoms with E-state index in [0.717, 1.165) is 30.4 Å². The van der Waals surface area contributed by atoms with Crippen LogP contribution in [-0.2, 0) is 11.2 Å². The van der Waals surface area contributed by atoms with E-state index in [1.54, 1.807) is 19.2 Å². The Balaban J connectivity index is 2.36. The van der Waals surface area contributed by atoms with Crippen LogP contribution in [0.1, 0.15) is 24.7 Å². The fraction of sp³-hybridized carbons (Fsp3) is 0.312. The number of ether oxygens (including phenoxy) is 2. The number of carboxylic acid groups (broad SMARTS) is 1. The Labute approximate surface area is 158 Å². The number of methoxy groups -OCH3 is 2. The van der Waals surface area contributed by atoms with Crippen LogP contribution in [0.3, 0.4) is 0 Å². The van der Waals surface area contributed by atoms with Gasteiger partial charge in [0, 0.05) is 18.1 Å². The molecule has 0 aliphatic rings. The molecule has 0 saturated heterocycles. The van der Waals surface area contributed by atoms with Crippen molar-refractivity contribution in [2.75, 3.05) is 14.2 Å². The van der Waals surface area contributed by atoms with Gasteiger partial charge in [-0.05, 0) is 46.3 Å². The number of aliphatic carboxylic acids is 1. The highest BCUT2D eigenvalue weighted by Crippen LogP contribution is 2.35. The van der Waals surface area contributed by atoms with E-state index in [9.17, 15) is 9.90 Å². The highest BCUT2D eigenvalue weighted by atomic mass is 79.9. The number of H-pyrrole nitrogens is 1. The SMILES string of the molecule is CCCc1nc(S/C(=C\c2cc(Br)c(OC)cc2OC)C(=O)O)n[nH]1. The molecule has 0 bridgehead atoms. The maximum atomic E-state index is 11.6. The Hall–Kier alpha value is -2.00. The molecular formula is C16H18BrN3O4S. The molecule has 0 atom stereocenters. The lowest BCUT2D eigenvalue weighted by Gasteiger charge is -2.10. The normalized spacial score (nSPS) is 11.4. The zero-order chi connectivity index (χ0) is 18.4. The lowest BCUT2D eigenvalue weighted by molar-refractivity contribution is -0.131. The molecule has 2 aromatic rings. The third-order valence-electron chi connectivity index (χ3n) is 3.20. The number of carbonyl (C=O) groups is 1. The van der Waals surface area contributed by atoms with Crippen molar-refractivity contribution < 1.29 is 19.4 Å². The molecule has 0 fully saturated rings. The van der Waals surface area contributed by atoms with Crippen LogP contribution in [0.4, 0.5) is 0 Å². The van der Waals surface area contributed by atoms with Crippen molar-refractivity contribution in [1.29, 1.82) is 0 Å². The van der Waals surface area contributed by atoms with Gasteiger partial charge in [0.1, 0.15) is 22.2 Å². The standard InChI is InChI=1S/C16H18BrN3O4S/c1-4-5-14-18-16(20-19-14)25-13(15(21)22)7-9-6-10(17)12(24-3)8-11(9)23-2/h6-8H,4-5H2,1-3H3,(H,21,22)(H,18,19,20)/b13-7-. The number of rotatable bonds is 8. The van der Waals surface area contributed by atoms with Crippen molar-refractivity contribution in [3.63, 3.8) is 0 Å².